The highest BCUT2D eigenvalue weighted by Gasteiger charge is 2.25. The lowest BCUT2D eigenvalue weighted by atomic mass is 9.95. The maximum Gasteiger partial charge on any atom is 0.227 e. The number of nitrogens with one attached hydrogen (secondary N) is 2. The van der Waals surface area contributed by atoms with Crippen LogP contribution < -0.4 is 10.2 Å². The van der Waals surface area contributed by atoms with E-state index in [1.807, 2.05) is 30.3 Å². The van der Waals surface area contributed by atoms with Gasteiger partial charge in [-0.15, -0.1) is 0 Å². The first-order valence-corrected chi connectivity index (χ1v) is 10.9. The predicted molar refractivity (Wildman–Crippen MR) is 124 cm³/mol. The van der Waals surface area contributed by atoms with E-state index in [0.717, 1.165) is 42.8 Å². The van der Waals surface area contributed by atoms with Gasteiger partial charge in [0.05, 0.1) is 16.1 Å². The Morgan fingerprint density at radius 3 is 2.72 bits per heavy atom. The van der Waals surface area contributed by atoms with Crippen molar-refractivity contribution in [3.8, 4) is 11.4 Å². The van der Waals surface area contributed by atoms with Gasteiger partial charge in [0.25, 0.3) is 0 Å². The molecule has 2 aromatic heterocycles. The molecule has 5 rings (SSSR count). The Bertz CT molecular complexity index is 1270. The van der Waals surface area contributed by atoms with Gasteiger partial charge in [-0.05, 0) is 55.3 Å². The largest absolute Gasteiger partial charge is 0.357 e. The number of hydrogen-bond donors (Lipinski definition) is 2. The van der Waals surface area contributed by atoms with Crippen molar-refractivity contribution in [3.63, 3.8) is 0 Å². The van der Waals surface area contributed by atoms with Crippen LogP contribution in [0.2, 0.25) is 5.02 Å². The van der Waals surface area contributed by atoms with Gasteiger partial charge in [0.15, 0.2) is 0 Å². The minimum atomic E-state index is -0.311. The first-order valence-electron chi connectivity index (χ1n) is 10.5. The summed E-state index contributed by atoms with van der Waals surface area (Å²) in [4.78, 5) is 27.1. The van der Waals surface area contributed by atoms with E-state index in [0.29, 0.717) is 22.1 Å². The van der Waals surface area contributed by atoms with E-state index < -0.39 is 0 Å². The van der Waals surface area contributed by atoms with Crippen LogP contribution in [0.15, 0.2) is 60.8 Å². The Morgan fingerprint density at radius 1 is 1.12 bits per heavy atom. The molecule has 0 aliphatic carbocycles. The second kappa shape index (κ2) is 8.59. The molecule has 1 aliphatic rings. The molecule has 0 atom stereocenters. The lowest BCUT2D eigenvalue weighted by Gasteiger charge is -2.32. The number of piperidine rings is 1. The summed E-state index contributed by atoms with van der Waals surface area (Å²) < 4.78 is 13.5. The van der Waals surface area contributed by atoms with Crippen LogP contribution >= 0.6 is 11.6 Å². The van der Waals surface area contributed by atoms with Crippen LogP contribution in [0.3, 0.4) is 0 Å². The number of nitrogens with zero attached hydrogens (tertiary/aromatic N) is 3. The van der Waals surface area contributed by atoms with Crippen molar-refractivity contribution < 1.29 is 9.18 Å². The zero-order valence-electron chi connectivity index (χ0n) is 17.2. The van der Waals surface area contributed by atoms with Gasteiger partial charge in [-0.3, -0.25) is 4.79 Å². The molecule has 1 fully saturated rings. The monoisotopic (exact) mass is 449 g/mol. The molecule has 2 aromatic carbocycles. The zero-order chi connectivity index (χ0) is 22.1. The third kappa shape index (κ3) is 4.29. The highest BCUT2D eigenvalue weighted by atomic mass is 35.5. The zero-order valence-corrected chi connectivity index (χ0v) is 17.9. The minimum absolute atomic E-state index is 0.0120. The lowest BCUT2D eigenvalue weighted by Crippen LogP contribution is -2.38. The molecule has 32 heavy (non-hydrogen) atoms. The topological polar surface area (TPSA) is 73.9 Å². The second-order valence-corrected chi connectivity index (χ2v) is 8.35. The van der Waals surface area contributed by atoms with Crippen LogP contribution in [0, 0.1) is 11.7 Å². The third-order valence-corrected chi connectivity index (χ3v) is 5.97. The number of halogens is 2. The summed E-state index contributed by atoms with van der Waals surface area (Å²) in [6.07, 6.45) is 3.15. The molecule has 4 aromatic rings. The van der Waals surface area contributed by atoms with Gasteiger partial charge < -0.3 is 15.2 Å². The molecule has 1 aliphatic heterocycles. The molecule has 162 valence electrons. The van der Waals surface area contributed by atoms with Crippen molar-refractivity contribution in [2.45, 2.75) is 12.8 Å². The van der Waals surface area contributed by atoms with Crippen molar-refractivity contribution in [2.24, 2.45) is 5.92 Å². The average molecular weight is 450 g/mol. The summed E-state index contributed by atoms with van der Waals surface area (Å²) in [5.41, 5.74) is 2.92. The number of benzene rings is 2. The summed E-state index contributed by atoms with van der Waals surface area (Å²) >= 11 is 5.91. The number of pyridine rings is 1. The molecular formula is C24H21ClFN5O. The average Bonchev–Trinajstić information content (AvgIpc) is 3.23. The predicted octanol–water partition coefficient (Wildman–Crippen LogP) is 5.27. The molecule has 0 radical (unpaired) electrons. The molecule has 3 heterocycles. The molecule has 1 amide bonds. The summed E-state index contributed by atoms with van der Waals surface area (Å²) in [6.45, 7) is 1.53. The standard InChI is InChI=1S/C24H21ClFN5O/c25-17-4-7-22(27-14-17)31-10-8-15(9-11-31)24(32)28-19-5-6-20-21(13-19)30-23(29-20)16-2-1-3-18(26)12-16/h1-7,12-15H,8-11H2,(H,28,32)(H,29,30). The van der Waals surface area contributed by atoms with Crippen LogP contribution in [0.1, 0.15) is 12.8 Å². The summed E-state index contributed by atoms with van der Waals surface area (Å²) in [5.74, 6) is 1.11. The van der Waals surface area contributed by atoms with Gasteiger partial charge in [-0.1, -0.05) is 23.7 Å². The van der Waals surface area contributed by atoms with Crippen molar-refractivity contribution in [1.82, 2.24) is 15.0 Å². The fraction of sp³-hybridized carbons (Fsp3) is 0.208. The molecule has 8 heteroatoms. The smallest absolute Gasteiger partial charge is 0.227 e. The number of carbonyl (C=O) groups is 1. The van der Waals surface area contributed by atoms with E-state index in [9.17, 15) is 9.18 Å². The van der Waals surface area contributed by atoms with Gasteiger partial charge in [0.1, 0.15) is 17.5 Å². The van der Waals surface area contributed by atoms with Crippen LogP contribution in [0.4, 0.5) is 15.9 Å². The Kier molecular flexibility index (Phi) is 5.49. The van der Waals surface area contributed by atoms with E-state index in [1.165, 1.54) is 12.1 Å². The first kappa shape index (κ1) is 20.5. The van der Waals surface area contributed by atoms with Crippen molar-refractivity contribution in [3.05, 3.63) is 71.6 Å². The van der Waals surface area contributed by atoms with E-state index in [2.05, 4.69) is 25.2 Å². The summed E-state index contributed by atoms with van der Waals surface area (Å²) in [6, 6.07) is 15.6. The van der Waals surface area contributed by atoms with E-state index in [-0.39, 0.29) is 17.6 Å². The van der Waals surface area contributed by atoms with Crippen LogP contribution in [-0.4, -0.2) is 33.9 Å². The van der Waals surface area contributed by atoms with Crippen LogP contribution in [-0.2, 0) is 4.79 Å². The Morgan fingerprint density at radius 2 is 1.97 bits per heavy atom. The van der Waals surface area contributed by atoms with Gasteiger partial charge >= 0.3 is 0 Å². The molecule has 0 bridgehead atoms. The number of amides is 1. The van der Waals surface area contributed by atoms with Crippen molar-refractivity contribution in [2.75, 3.05) is 23.3 Å². The SMILES string of the molecule is O=C(Nc1ccc2nc(-c3cccc(F)c3)[nH]c2c1)C1CCN(c2ccc(Cl)cn2)CC1. The molecule has 0 saturated carbocycles. The van der Waals surface area contributed by atoms with Gasteiger partial charge in [-0.2, -0.15) is 0 Å². The van der Waals surface area contributed by atoms with Crippen LogP contribution in [0.5, 0.6) is 0 Å². The van der Waals surface area contributed by atoms with E-state index >= 15 is 0 Å². The number of imidazole rings is 1. The maximum absolute atomic E-state index is 13.5. The van der Waals surface area contributed by atoms with Gasteiger partial charge in [0.2, 0.25) is 5.91 Å². The molecule has 1 saturated heterocycles. The van der Waals surface area contributed by atoms with Gasteiger partial charge in [-0.25, -0.2) is 14.4 Å². The normalized spacial score (nSPS) is 14.6. The summed E-state index contributed by atoms with van der Waals surface area (Å²) in [5, 5.41) is 3.64. The number of H-pyrrole nitrogens is 1. The Balaban J connectivity index is 1.24. The maximum atomic E-state index is 13.5. The number of aromatic nitrogens is 3. The molecule has 0 unspecified atom stereocenters. The number of hydrogen-bond acceptors (Lipinski definition) is 4. The molecule has 6 nitrogen and oxygen atoms in total. The lowest BCUT2D eigenvalue weighted by molar-refractivity contribution is -0.120. The Labute approximate surface area is 189 Å². The number of anilines is 2. The Hall–Kier alpha value is -3.45. The van der Waals surface area contributed by atoms with Crippen molar-refractivity contribution in [1.29, 1.82) is 0 Å². The summed E-state index contributed by atoms with van der Waals surface area (Å²) in [7, 11) is 0. The quantitative estimate of drug-likeness (QED) is 0.445. The minimum Gasteiger partial charge on any atom is -0.357 e. The second-order valence-electron chi connectivity index (χ2n) is 7.91. The highest BCUT2D eigenvalue weighted by Crippen LogP contribution is 2.26. The third-order valence-electron chi connectivity index (χ3n) is 5.75. The number of fused-ring (bicyclic) bond motifs is 1. The molecule has 0 spiro atoms. The number of aromatic amines is 1. The van der Waals surface area contributed by atoms with E-state index in [4.69, 9.17) is 11.6 Å². The fourth-order valence-electron chi connectivity index (χ4n) is 4.03. The number of rotatable bonds is 4. The number of carbonyl (C=O) groups excluding carboxylic acids is 1. The first-order chi connectivity index (χ1) is 15.5. The highest BCUT2D eigenvalue weighted by molar-refractivity contribution is 6.30. The van der Waals surface area contributed by atoms with Crippen LogP contribution in [0.25, 0.3) is 22.4 Å². The van der Waals surface area contributed by atoms with E-state index in [1.54, 1.807) is 18.3 Å². The van der Waals surface area contributed by atoms with Gasteiger partial charge in [0, 0.05) is 36.5 Å². The molecule has 2 N–H and O–H groups in total. The molecular weight excluding hydrogens is 429 g/mol. The fourth-order valence-corrected chi connectivity index (χ4v) is 4.14. The van der Waals surface area contributed by atoms with Crippen molar-refractivity contribution >= 4 is 40.0 Å².